The van der Waals surface area contributed by atoms with Crippen LogP contribution in [-0.4, -0.2) is 123 Å². The van der Waals surface area contributed by atoms with Crippen LogP contribution in [0.15, 0.2) is 67.3 Å². The van der Waals surface area contributed by atoms with E-state index in [4.69, 9.17) is 19.5 Å². The second kappa shape index (κ2) is 21.5. The van der Waals surface area contributed by atoms with Gasteiger partial charge in [-0.15, -0.1) is 0 Å². The highest BCUT2D eigenvalue weighted by molar-refractivity contribution is 8.13. The molecule has 1 aliphatic rings. The Balaban J connectivity index is 0.793. The van der Waals surface area contributed by atoms with Gasteiger partial charge in [0.1, 0.15) is 36.3 Å². The molecule has 0 bridgehead atoms. The molecule has 10 N–H and O–H groups in total. The molecule has 0 radical (unpaired) electrons. The number of nitrogens with two attached hydrogens (primary N) is 1. The maximum atomic E-state index is 12.8. The van der Waals surface area contributed by atoms with Crippen LogP contribution in [0.2, 0.25) is 0 Å². The predicted molar refractivity (Wildman–Crippen MR) is 250 cm³/mol. The number of anilines is 1. The number of carbonyl (C=O) groups excluding carboxylic acids is 3. The van der Waals surface area contributed by atoms with Crippen molar-refractivity contribution >= 4 is 101 Å². The number of hydrogen-bond acceptors (Lipinski definition) is 18. The van der Waals surface area contributed by atoms with Gasteiger partial charge in [-0.1, -0.05) is 80.2 Å². The molecular formula is C41H50N7O17P3S. The van der Waals surface area contributed by atoms with Gasteiger partial charge in [0.2, 0.25) is 11.8 Å². The van der Waals surface area contributed by atoms with Gasteiger partial charge >= 0.3 is 23.5 Å². The Bertz CT molecular complexity index is 2980. The van der Waals surface area contributed by atoms with E-state index in [0.29, 0.717) is 18.6 Å². The summed E-state index contributed by atoms with van der Waals surface area (Å²) in [6.45, 7) is 0.481. The van der Waals surface area contributed by atoms with Crippen molar-refractivity contribution < 1.29 is 80.5 Å². The van der Waals surface area contributed by atoms with Gasteiger partial charge in [0.25, 0.3) is 0 Å². The number of ether oxygens (including phenoxy) is 1. The number of amides is 2. The number of rotatable bonds is 23. The number of nitrogens with one attached hydrogen (secondary N) is 2. The Kier molecular flexibility index (Phi) is 16.3. The third kappa shape index (κ3) is 12.9. The summed E-state index contributed by atoms with van der Waals surface area (Å²) < 4.78 is 62.6. The van der Waals surface area contributed by atoms with Crippen molar-refractivity contribution in [2.75, 3.05) is 37.8 Å². The van der Waals surface area contributed by atoms with Crippen molar-refractivity contribution in [2.24, 2.45) is 5.41 Å². The number of nitrogens with zero attached hydrogens (tertiary/aromatic N) is 4. The largest absolute Gasteiger partial charge is 0.481 e. The number of aromatic nitrogens is 4. The molecule has 0 aliphatic carbocycles. The van der Waals surface area contributed by atoms with Crippen LogP contribution < -0.4 is 16.4 Å². The molecule has 0 saturated carbocycles. The van der Waals surface area contributed by atoms with E-state index in [1.165, 1.54) is 51.7 Å². The highest BCUT2D eigenvalue weighted by atomic mass is 32.2. The summed E-state index contributed by atoms with van der Waals surface area (Å²) in [4.78, 5) is 89.1. The number of carbonyl (C=O) groups is 3. The lowest BCUT2D eigenvalue weighted by molar-refractivity contribution is -0.137. The fourth-order valence-corrected chi connectivity index (χ4v) is 11.4. The fourth-order valence-electron chi connectivity index (χ4n) is 7.80. The van der Waals surface area contributed by atoms with Gasteiger partial charge in [0, 0.05) is 37.1 Å². The van der Waals surface area contributed by atoms with E-state index in [1.54, 1.807) is 0 Å². The molecule has 3 unspecified atom stereocenters. The number of phosphoric ester groups is 3. The number of aliphatic hydroxyl groups excluding tert-OH is 2. The molecule has 7 rings (SSSR count). The highest BCUT2D eigenvalue weighted by Gasteiger charge is 2.50. The summed E-state index contributed by atoms with van der Waals surface area (Å²) in [5.41, 5.74) is 5.45. The lowest BCUT2D eigenvalue weighted by Crippen LogP contribution is -2.46. The standard InChI is InChI=1S/C41H50N7O17P3S/c1-41(2,20-62-68(59,60)65-67(57,58)61-19-28-35(64-66(54,55)56)34(51)40(63-28)48-22-47-33-37(42)45-21-46-38(33)48)36(52)39(53)44-16-15-29(49)43-17-18-69-30(50)8-4-5-23-9-10-26-12-11-24-6-3-7-25-13-14-27(23)32(26)31(24)25/h3,6-7,9-14,21-22,28,34-36,40,51-52H,4-5,8,15-20H2,1-2H3,(H,43,49)(H,44,53)(H,57,58)(H,59,60)(H2,42,45,46)(H2,54,55,56)/t28-,34?,35+,36+,40-/m1/s1. The molecule has 1 saturated heterocycles. The summed E-state index contributed by atoms with van der Waals surface area (Å²) >= 11 is 1.12. The third-order valence-electron chi connectivity index (χ3n) is 11.2. The van der Waals surface area contributed by atoms with Crippen LogP contribution in [0.25, 0.3) is 43.5 Å². The highest BCUT2D eigenvalue weighted by Crippen LogP contribution is 2.61. The van der Waals surface area contributed by atoms with Gasteiger partial charge in [-0.05, 0) is 50.7 Å². The Hall–Kier alpha value is -4.52. The summed E-state index contributed by atoms with van der Waals surface area (Å²) in [5.74, 6) is -1.12. The average molecular weight is 1040 g/mol. The van der Waals surface area contributed by atoms with Gasteiger partial charge < -0.3 is 50.9 Å². The predicted octanol–water partition coefficient (Wildman–Crippen LogP) is 3.59. The quantitative estimate of drug-likeness (QED) is 0.0251. The molecule has 2 amide bonds. The summed E-state index contributed by atoms with van der Waals surface area (Å²) in [7, 11) is -16.4. The fraction of sp³-hybridized carbons (Fsp3) is 0.415. The summed E-state index contributed by atoms with van der Waals surface area (Å²) in [6.07, 6.45) is -5.19. The molecule has 2 aromatic heterocycles. The van der Waals surface area contributed by atoms with E-state index in [1.807, 2.05) is 0 Å². The number of fused-ring (bicyclic) bond motifs is 1. The van der Waals surface area contributed by atoms with Crippen molar-refractivity contribution in [3.8, 4) is 0 Å². The van der Waals surface area contributed by atoms with E-state index in [9.17, 15) is 57.9 Å². The lowest BCUT2D eigenvalue weighted by Gasteiger charge is -2.30. The van der Waals surface area contributed by atoms with Crippen LogP contribution in [0, 0.1) is 5.41 Å². The molecule has 1 fully saturated rings. The van der Waals surface area contributed by atoms with Crippen LogP contribution >= 0.6 is 35.2 Å². The van der Waals surface area contributed by atoms with Crippen LogP contribution in [0.1, 0.15) is 44.9 Å². The van der Waals surface area contributed by atoms with E-state index >= 15 is 0 Å². The van der Waals surface area contributed by atoms with E-state index < -0.39 is 84.6 Å². The number of imidazole rings is 1. The first-order chi connectivity index (χ1) is 32.5. The minimum absolute atomic E-state index is 0.00103. The van der Waals surface area contributed by atoms with Crippen LogP contribution in [0.3, 0.4) is 0 Å². The number of benzene rings is 4. The number of phosphoric acid groups is 3. The van der Waals surface area contributed by atoms with E-state index in [-0.39, 0.29) is 41.6 Å². The van der Waals surface area contributed by atoms with E-state index in [2.05, 4.69) is 89.0 Å². The first-order valence-electron chi connectivity index (χ1n) is 21.2. The Morgan fingerprint density at radius 2 is 1.58 bits per heavy atom. The van der Waals surface area contributed by atoms with Gasteiger partial charge in [0.15, 0.2) is 22.8 Å². The molecule has 4 aromatic carbocycles. The number of aliphatic hydroxyl groups is 2. The first kappa shape index (κ1) is 52.3. The van der Waals surface area contributed by atoms with Crippen LogP contribution in [-0.2, 0) is 57.1 Å². The zero-order chi connectivity index (χ0) is 49.9. The molecule has 28 heteroatoms. The van der Waals surface area contributed by atoms with Crippen molar-refractivity contribution in [3.05, 3.63) is 72.8 Å². The van der Waals surface area contributed by atoms with Gasteiger partial charge in [-0.25, -0.2) is 28.6 Å². The second-order valence-corrected chi connectivity index (χ2v) is 22.1. The molecule has 7 atom stereocenters. The molecule has 1 aliphatic heterocycles. The number of aryl methyl sites for hydroxylation is 1. The monoisotopic (exact) mass is 1040 g/mol. The zero-order valence-electron chi connectivity index (χ0n) is 36.9. The molecule has 6 aromatic rings. The summed E-state index contributed by atoms with van der Waals surface area (Å²) in [5, 5.41) is 33.9. The molecule has 3 heterocycles. The van der Waals surface area contributed by atoms with Crippen LogP contribution in [0.4, 0.5) is 5.82 Å². The molecule has 372 valence electrons. The second-order valence-electron chi connectivity index (χ2n) is 16.7. The minimum atomic E-state index is -5.59. The van der Waals surface area contributed by atoms with Crippen LogP contribution in [0.5, 0.6) is 0 Å². The SMILES string of the molecule is CC(C)(COP(=O)(O)OP(=O)(O)OC[C@H]1O[C@@H](n2cnc3c(N)ncnc32)C(O)[C@H]1OP(=O)(O)O)[C@@H](O)C(=O)NCCC(=O)NCCSC(=O)CCCc1ccc2ccc3cccc4ccc1c2c34. The molecule has 24 nitrogen and oxygen atoms in total. The number of nitrogen functional groups attached to an aromatic ring is 1. The lowest BCUT2D eigenvalue weighted by atomic mass is 9.87. The zero-order valence-corrected chi connectivity index (χ0v) is 40.4. The normalized spacial score (nSPS) is 20.1. The van der Waals surface area contributed by atoms with Gasteiger partial charge in [-0.3, -0.25) is 32.5 Å². The number of thioether (sulfide) groups is 1. The topological polar surface area (TPSA) is 364 Å². The minimum Gasteiger partial charge on any atom is -0.386 e. The summed E-state index contributed by atoms with van der Waals surface area (Å²) in [6, 6.07) is 19.1. The Labute approximate surface area is 397 Å². The third-order valence-corrected chi connectivity index (χ3v) is 15.2. The van der Waals surface area contributed by atoms with Gasteiger partial charge in [0.05, 0.1) is 19.5 Å². The Morgan fingerprint density at radius 1 is 0.899 bits per heavy atom. The van der Waals surface area contributed by atoms with Crippen molar-refractivity contribution in [1.29, 1.82) is 0 Å². The Morgan fingerprint density at radius 3 is 2.30 bits per heavy atom. The van der Waals surface area contributed by atoms with Crippen molar-refractivity contribution in [1.82, 2.24) is 30.2 Å². The molecule has 0 spiro atoms. The van der Waals surface area contributed by atoms with Crippen molar-refractivity contribution in [2.45, 2.75) is 70.2 Å². The first-order valence-corrected chi connectivity index (χ1v) is 26.7. The smallest absolute Gasteiger partial charge is 0.386 e. The molecule has 69 heavy (non-hydrogen) atoms. The maximum Gasteiger partial charge on any atom is 0.481 e. The van der Waals surface area contributed by atoms with Gasteiger partial charge in [-0.2, -0.15) is 4.31 Å². The average Bonchev–Trinajstić information content (AvgIpc) is 3.85. The van der Waals surface area contributed by atoms with E-state index in [0.717, 1.165) is 35.4 Å². The maximum absolute atomic E-state index is 12.8. The number of hydrogen-bond donors (Lipinski definition) is 9. The molecular weight excluding hydrogens is 987 g/mol. The van der Waals surface area contributed by atoms with Crippen molar-refractivity contribution in [3.63, 3.8) is 0 Å².